The van der Waals surface area contributed by atoms with Crippen LogP contribution in [0.1, 0.15) is 5.56 Å². The van der Waals surface area contributed by atoms with E-state index >= 15 is 0 Å². The third-order valence-corrected chi connectivity index (χ3v) is 6.14. The Morgan fingerprint density at radius 3 is 1.90 bits per heavy atom. The fraction of sp³-hybridized carbons (Fsp3) is 0.625. The summed E-state index contributed by atoms with van der Waals surface area (Å²) in [5.74, 6) is 0. The average molecular weight is 398 g/mol. The van der Waals surface area contributed by atoms with E-state index in [1.54, 1.807) is 0 Å². The van der Waals surface area contributed by atoms with Crippen LogP contribution in [0, 0.1) is 3.57 Å². The van der Waals surface area contributed by atoms with Gasteiger partial charge in [-0.25, -0.2) is 0 Å². The predicted molar refractivity (Wildman–Crippen MR) is 92.9 cm³/mol. The van der Waals surface area contributed by atoms with Crippen LogP contribution in [-0.4, -0.2) is 78.2 Å². The first-order chi connectivity index (χ1) is 10.3. The van der Waals surface area contributed by atoms with E-state index in [2.05, 4.69) is 66.5 Å². The third-order valence-electron chi connectivity index (χ3n) is 5.09. The summed E-state index contributed by atoms with van der Waals surface area (Å²) < 4.78 is 1.39. The van der Waals surface area contributed by atoms with E-state index in [1.165, 1.54) is 61.5 Å². The second kappa shape index (κ2) is 6.12. The van der Waals surface area contributed by atoms with Gasteiger partial charge in [0, 0.05) is 62.5 Å². The minimum Gasteiger partial charge on any atom is -0.297 e. The van der Waals surface area contributed by atoms with Gasteiger partial charge in [0.15, 0.2) is 0 Å². The summed E-state index contributed by atoms with van der Waals surface area (Å²) in [5.41, 5.74) is 1.47. The number of halogens is 1. The van der Waals surface area contributed by atoms with E-state index in [4.69, 9.17) is 0 Å². The van der Waals surface area contributed by atoms with Crippen LogP contribution in [0.15, 0.2) is 24.3 Å². The van der Waals surface area contributed by atoms with E-state index in [-0.39, 0.29) is 0 Å². The Balaban J connectivity index is 1.45. The Morgan fingerprint density at radius 2 is 1.33 bits per heavy atom. The summed E-state index contributed by atoms with van der Waals surface area (Å²) in [6.07, 6.45) is 0.615. The van der Waals surface area contributed by atoms with Gasteiger partial charge in [0.05, 0.1) is 0 Å². The van der Waals surface area contributed by atoms with Crippen LogP contribution < -0.4 is 0 Å². The van der Waals surface area contributed by atoms with Crippen molar-refractivity contribution in [1.29, 1.82) is 0 Å². The van der Waals surface area contributed by atoms with Crippen LogP contribution in [0.2, 0.25) is 0 Å². The Morgan fingerprint density at radius 1 is 0.810 bits per heavy atom. The zero-order chi connectivity index (χ0) is 14.2. The summed E-state index contributed by atoms with van der Waals surface area (Å²) in [6.45, 7) is 10.9. The Kier molecular flexibility index (Phi) is 4.19. The highest BCUT2D eigenvalue weighted by Gasteiger charge is 2.41. The molecule has 4 nitrogen and oxygen atoms in total. The van der Waals surface area contributed by atoms with Crippen LogP contribution in [0.5, 0.6) is 0 Å². The quantitative estimate of drug-likeness (QED) is 0.697. The van der Waals surface area contributed by atoms with Crippen molar-refractivity contribution in [2.24, 2.45) is 0 Å². The zero-order valence-corrected chi connectivity index (χ0v) is 14.6. The van der Waals surface area contributed by atoms with Crippen molar-refractivity contribution in [1.82, 2.24) is 19.6 Å². The SMILES string of the molecule is Ic1ccccc1CN1CCN2CCN3CCN(CC1)C23. The van der Waals surface area contributed by atoms with Gasteiger partial charge in [0.2, 0.25) is 0 Å². The lowest BCUT2D eigenvalue weighted by atomic mass is 10.2. The molecular weight excluding hydrogens is 375 g/mol. The van der Waals surface area contributed by atoms with Crippen LogP contribution in [-0.2, 0) is 6.54 Å². The molecule has 0 bridgehead atoms. The summed E-state index contributed by atoms with van der Waals surface area (Å²) in [6, 6.07) is 8.79. The summed E-state index contributed by atoms with van der Waals surface area (Å²) in [7, 11) is 0. The molecule has 21 heavy (non-hydrogen) atoms. The molecule has 0 amide bonds. The molecular formula is C16H23IN4. The smallest absolute Gasteiger partial charge is 0.119 e. The number of hydrogen-bond acceptors (Lipinski definition) is 4. The van der Waals surface area contributed by atoms with Gasteiger partial charge in [-0.15, -0.1) is 0 Å². The molecule has 3 aliphatic rings. The lowest BCUT2D eigenvalue weighted by Crippen LogP contribution is -2.52. The first kappa shape index (κ1) is 14.4. The zero-order valence-electron chi connectivity index (χ0n) is 12.4. The lowest BCUT2D eigenvalue weighted by Gasteiger charge is -2.37. The van der Waals surface area contributed by atoms with Crippen molar-refractivity contribution in [2.45, 2.75) is 12.8 Å². The third kappa shape index (κ3) is 2.86. The molecule has 1 aromatic rings. The molecule has 3 aliphatic heterocycles. The lowest BCUT2D eigenvalue weighted by molar-refractivity contribution is 0.0174. The highest BCUT2D eigenvalue weighted by Crippen LogP contribution is 2.25. The van der Waals surface area contributed by atoms with Crippen molar-refractivity contribution < 1.29 is 0 Å². The van der Waals surface area contributed by atoms with Gasteiger partial charge in [-0.1, -0.05) is 18.2 Å². The molecule has 3 saturated heterocycles. The summed E-state index contributed by atoms with van der Waals surface area (Å²) in [5, 5.41) is 0. The summed E-state index contributed by atoms with van der Waals surface area (Å²) in [4.78, 5) is 10.6. The first-order valence-corrected chi connectivity index (χ1v) is 9.07. The Labute approximate surface area is 140 Å². The van der Waals surface area contributed by atoms with Crippen molar-refractivity contribution in [3.8, 4) is 0 Å². The molecule has 5 heteroatoms. The first-order valence-electron chi connectivity index (χ1n) is 7.99. The molecule has 4 rings (SSSR count). The average Bonchev–Trinajstić information content (AvgIpc) is 3.03. The highest BCUT2D eigenvalue weighted by atomic mass is 127. The molecule has 3 heterocycles. The van der Waals surface area contributed by atoms with Crippen molar-refractivity contribution >= 4 is 22.6 Å². The molecule has 0 unspecified atom stereocenters. The standard InChI is InChI=1S/C16H23IN4/c17-15-4-2-1-3-14(15)13-18-5-7-19-9-11-21-12-10-20(8-6-18)16(19)21/h1-4,16H,5-13H2. The molecule has 0 atom stereocenters. The van der Waals surface area contributed by atoms with Gasteiger partial charge in [-0.2, -0.15) is 0 Å². The largest absolute Gasteiger partial charge is 0.297 e. The topological polar surface area (TPSA) is 13.0 Å². The monoisotopic (exact) mass is 398 g/mol. The van der Waals surface area contributed by atoms with Gasteiger partial charge in [0.25, 0.3) is 0 Å². The molecule has 0 saturated carbocycles. The predicted octanol–water partition coefficient (Wildman–Crippen LogP) is 1.32. The molecule has 114 valence electrons. The van der Waals surface area contributed by atoms with Crippen molar-refractivity contribution in [2.75, 3.05) is 52.4 Å². The molecule has 0 aliphatic carbocycles. The van der Waals surface area contributed by atoms with E-state index in [9.17, 15) is 0 Å². The molecule has 0 aromatic heterocycles. The maximum atomic E-state index is 2.68. The van der Waals surface area contributed by atoms with Crippen LogP contribution in [0.3, 0.4) is 0 Å². The van der Waals surface area contributed by atoms with E-state index < -0.39 is 0 Å². The van der Waals surface area contributed by atoms with Gasteiger partial charge >= 0.3 is 0 Å². The number of nitrogens with zero attached hydrogens (tertiary/aromatic N) is 4. The maximum Gasteiger partial charge on any atom is 0.119 e. The summed E-state index contributed by atoms with van der Waals surface area (Å²) >= 11 is 2.46. The van der Waals surface area contributed by atoms with Crippen LogP contribution in [0.25, 0.3) is 0 Å². The van der Waals surface area contributed by atoms with Gasteiger partial charge in [-0.05, 0) is 34.2 Å². The number of benzene rings is 1. The molecule has 1 aromatic carbocycles. The molecule has 0 N–H and O–H groups in total. The van der Waals surface area contributed by atoms with Crippen LogP contribution in [0.4, 0.5) is 0 Å². The second-order valence-corrected chi connectivity index (χ2v) is 7.48. The minimum atomic E-state index is 0.615. The Bertz CT molecular complexity index is 489. The fourth-order valence-corrected chi connectivity index (χ4v) is 4.47. The molecule has 0 spiro atoms. The van der Waals surface area contributed by atoms with Gasteiger partial charge in [0.1, 0.15) is 6.29 Å². The Hall–Kier alpha value is -0.210. The fourth-order valence-electron chi connectivity index (χ4n) is 3.91. The maximum absolute atomic E-state index is 2.68. The van der Waals surface area contributed by atoms with Crippen LogP contribution >= 0.6 is 22.6 Å². The van der Waals surface area contributed by atoms with Crippen molar-refractivity contribution in [3.05, 3.63) is 33.4 Å². The second-order valence-electron chi connectivity index (χ2n) is 6.32. The molecule has 3 fully saturated rings. The molecule has 0 radical (unpaired) electrons. The van der Waals surface area contributed by atoms with Gasteiger partial charge < -0.3 is 0 Å². The van der Waals surface area contributed by atoms with E-state index in [0.29, 0.717) is 6.29 Å². The minimum absolute atomic E-state index is 0.615. The number of rotatable bonds is 2. The van der Waals surface area contributed by atoms with Crippen molar-refractivity contribution in [3.63, 3.8) is 0 Å². The highest BCUT2D eigenvalue weighted by molar-refractivity contribution is 14.1. The normalized spacial score (nSPS) is 26.0. The van der Waals surface area contributed by atoms with E-state index in [0.717, 1.165) is 6.54 Å². The number of hydrogen-bond donors (Lipinski definition) is 0. The van der Waals surface area contributed by atoms with Gasteiger partial charge in [-0.3, -0.25) is 19.6 Å². The van der Waals surface area contributed by atoms with E-state index in [1.807, 2.05) is 0 Å².